The van der Waals surface area contributed by atoms with Crippen molar-refractivity contribution in [3.63, 3.8) is 0 Å². The molecule has 1 aliphatic rings. The number of aryl methyl sites for hydroxylation is 1. The molecule has 0 radical (unpaired) electrons. The first-order chi connectivity index (χ1) is 8.19. The Balaban J connectivity index is 2.32. The van der Waals surface area contributed by atoms with Crippen molar-refractivity contribution < 1.29 is 0 Å². The van der Waals surface area contributed by atoms with E-state index in [0.717, 1.165) is 16.9 Å². The second kappa shape index (κ2) is 3.92. The largest absolute Gasteiger partial charge is 0.389 e. The van der Waals surface area contributed by atoms with Gasteiger partial charge in [-0.05, 0) is 29.4 Å². The van der Waals surface area contributed by atoms with Crippen LogP contribution < -0.4 is 11.1 Å². The molecule has 1 saturated carbocycles. The van der Waals surface area contributed by atoms with Gasteiger partial charge < -0.3 is 11.1 Å². The summed E-state index contributed by atoms with van der Waals surface area (Å²) in [7, 11) is 0. The smallest absolute Gasteiger partial charge is 0.136 e. The van der Waals surface area contributed by atoms with Gasteiger partial charge in [-0.25, -0.2) is 4.98 Å². The van der Waals surface area contributed by atoms with Crippen LogP contribution in [0.4, 0.5) is 5.82 Å². The van der Waals surface area contributed by atoms with E-state index >= 15 is 0 Å². The van der Waals surface area contributed by atoms with Gasteiger partial charge in [0.15, 0.2) is 0 Å². The van der Waals surface area contributed by atoms with Crippen molar-refractivity contribution >= 4 is 23.0 Å². The zero-order valence-corrected chi connectivity index (χ0v) is 12.5. The summed E-state index contributed by atoms with van der Waals surface area (Å²) in [4.78, 5) is 4.80. The molecular weight excluding hydrogens is 242 g/mol. The molecular formula is C14H21N3S. The topological polar surface area (TPSA) is 50.9 Å². The minimum Gasteiger partial charge on any atom is -0.389 e. The van der Waals surface area contributed by atoms with Crippen LogP contribution in [0.3, 0.4) is 0 Å². The van der Waals surface area contributed by atoms with Crippen LogP contribution in [0.5, 0.6) is 0 Å². The van der Waals surface area contributed by atoms with Gasteiger partial charge in [-0.2, -0.15) is 0 Å². The molecule has 1 aliphatic carbocycles. The van der Waals surface area contributed by atoms with Crippen molar-refractivity contribution in [3.8, 4) is 0 Å². The number of aromatic nitrogens is 1. The summed E-state index contributed by atoms with van der Waals surface area (Å²) in [6.45, 7) is 11.1. The summed E-state index contributed by atoms with van der Waals surface area (Å²) in [6.07, 6.45) is 1.79. The van der Waals surface area contributed by atoms with Crippen LogP contribution in [0, 0.1) is 17.8 Å². The number of thiocarbonyl (C=S) groups is 1. The summed E-state index contributed by atoms with van der Waals surface area (Å²) >= 11 is 5.12. The molecule has 98 valence electrons. The van der Waals surface area contributed by atoms with E-state index in [2.05, 4.69) is 38.0 Å². The van der Waals surface area contributed by atoms with Gasteiger partial charge in [0, 0.05) is 12.2 Å². The summed E-state index contributed by atoms with van der Waals surface area (Å²) in [5.74, 6) is 0.811. The van der Waals surface area contributed by atoms with Gasteiger partial charge in [-0.1, -0.05) is 39.9 Å². The lowest BCUT2D eigenvalue weighted by atomic mass is 10.0. The average Bonchev–Trinajstić information content (AvgIpc) is 2.60. The Kier molecular flexibility index (Phi) is 2.89. The molecule has 3 N–H and O–H groups in total. The van der Waals surface area contributed by atoms with Crippen LogP contribution in [0.25, 0.3) is 0 Å². The van der Waals surface area contributed by atoms with E-state index in [0.29, 0.717) is 11.0 Å². The third-order valence-corrected chi connectivity index (χ3v) is 4.91. The number of nitrogens with zero attached hydrogens (tertiary/aromatic N) is 1. The van der Waals surface area contributed by atoms with E-state index < -0.39 is 0 Å². The van der Waals surface area contributed by atoms with Gasteiger partial charge in [-0.3, -0.25) is 0 Å². The van der Waals surface area contributed by atoms with E-state index in [-0.39, 0.29) is 10.8 Å². The molecule has 0 bridgehead atoms. The highest BCUT2D eigenvalue weighted by atomic mass is 32.1. The first-order valence-electron chi connectivity index (χ1n) is 6.21. The van der Waals surface area contributed by atoms with E-state index in [9.17, 15) is 0 Å². The Labute approximate surface area is 114 Å². The Morgan fingerprint density at radius 2 is 1.89 bits per heavy atom. The third-order valence-electron chi connectivity index (χ3n) is 4.71. The quantitative estimate of drug-likeness (QED) is 0.823. The number of pyridine rings is 1. The number of hydrogen-bond acceptors (Lipinski definition) is 3. The predicted octanol–water partition coefficient (Wildman–Crippen LogP) is 2.87. The average molecular weight is 263 g/mol. The fourth-order valence-electron chi connectivity index (χ4n) is 2.67. The fourth-order valence-corrected chi connectivity index (χ4v) is 2.93. The molecule has 3 nitrogen and oxygen atoms in total. The highest BCUT2D eigenvalue weighted by Crippen LogP contribution is 2.63. The zero-order valence-electron chi connectivity index (χ0n) is 11.7. The monoisotopic (exact) mass is 263 g/mol. The zero-order chi connectivity index (χ0) is 13.7. The van der Waals surface area contributed by atoms with Crippen LogP contribution in [0.15, 0.2) is 12.3 Å². The second-order valence-corrected chi connectivity index (χ2v) is 6.68. The molecule has 0 amide bonds. The summed E-state index contributed by atoms with van der Waals surface area (Å²) in [5, 5.41) is 3.51. The number of rotatable bonds is 3. The van der Waals surface area contributed by atoms with Crippen LogP contribution in [0.2, 0.25) is 0 Å². The van der Waals surface area contributed by atoms with Gasteiger partial charge in [0.2, 0.25) is 0 Å². The van der Waals surface area contributed by atoms with Crippen LogP contribution in [-0.2, 0) is 0 Å². The Morgan fingerprint density at radius 3 is 2.33 bits per heavy atom. The van der Waals surface area contributed by atoms with Gasteiger partial charge in [0.1, 0.15) is 10.8 Å². The normalized spacial score (nSPS) is 20.5. The van der Waals surface area contributed by atoms with Crippen molar-refractivity contribution in [2.75, 3.05) is 5.32 Å². The molecule has 0 saturated heterocycles. The van der Waals surface area contributed by atoms with E-state index in [1.165, 1.54) is 0 Å². The van der Waals surface area contributed by atoms with Crippen molar-refractivity contribution in [1.82, 2.24) is 4.98 Å². The first-order valence-corrected chi connectivity index (χ1v) is 6.62. The highest BCUT2D eigenvalue weighted by Gasteiger charge is 2.65. The molecule has 18 heavy (non-hydrogen) atoms. The Hall–Kier alpha value is -1.16. The predicted molar refractivity (Wildman–Crippen MR) is 79.8 cm³/mol. The first kappa shape index (κ1) is 13.3. The maximum absolute atomic E-state index is 5.80. The van der Waals surface area contributed by atoms with Gasteiger partial charge in [0.05, 0.1) is 5.56 Å². The highest BCUT2D eigenvalue weighted by molar-refractivity contribution is 7.80. The molecule has 1 fully saturated rings. The molecule has 0 unspecified atom stereocenters. The maximum atomic E-state index is 5.80. The third kappa shape index (κ3) is 1.79. The van der Waals surface area contributed by atoms with Crippen LogP contribution in [-0.4, -0.2) is 16.0 Å². The lowest BCUT2D eigenvalue weighted by Gasteiger charge is -2.13. The van der Waals surface area contributed by atoms with Crippen molar-refractivity contribution in [3.05, 3.63) is 23.4 Å². The van der Waals surface area contributed by atoms with Crippen molar-refractivity contribution in [2.45, 2.75) is 40.7 Å². The van der Waals surface area contributed by atoms with E-state index in [1.54, 1.807) is 6.20 Å². The molecule has 0 aromatic carbocycles. The number of hydrogen-bond donors (Lipinski definition) is 2. The lowest BCUT2D eigenvalue weighted by molar-refractivity contribution is 0.457. The summed E-state index contributed by atoms with van der Waals surface area (Å²) < 4.78 is 0. The number of nitrogens with one attached hydrogen (secondary N) is 1. The molecule has 1 heterocycles. The standard InChI is InChI=1S/C14H21N3S/c1-8-6-7-16-11(9(8)10(15)18)17-12-13(2,3)14(12,4)5/h6-7,12H,1-5H3,(H2,15,18)(H,16,17). The van der Waals surface area contributed by atoms with Gasteiger partial charge >= 0.3 is 0 Å². The number of anilines is 1. The fraction of sp³-hybridized carbons (Fsp3) is 0.571. The molecule has 4 heteroatoms. The molecule has 0 aliphatic heterocycles. The maximum Gasteiger partial charge on any atom is 0.136 e. The van der Waals surface area contributed by atoms with Crippen LogP contribution >= 0.6 is 12.2 Å². The lowest BCUT2D eigenvalue weighted by Crippen LogP contribution is -2.19. The molecule has 0 spiro atoms. The van der Waals surface area contributed by atoms with Gasteiger partial charge in [0.25, 0.3) is 0 Å². The van der Waals surface area contributed by atoms with Crippen LogP contribution in [0.1, 0.15) is 38.8 Å². The van der Waals surface area contributed by atoms with Gasteiger partial charge in [-0.15, -0.1) is 0 Å². The summed E-state index contributed by atoms with van der Waals surface area (Å²) in [6, 6.07) is 2.33. The molecule has 2 rings (SSSR count). The molecule has 0 atom stereocenters. The van der Waals surface area contributed by atoms with Crippen molar-refractivity contribution in [1.29, 1.82) is 0 Å². The molecule has 1 aromatic heterocycles. The Bertz CT molecular complexity index is 492. The molecule has 1 aromatic rings. The van der Waals surface area contributed by atoms with E-state index in [4.69, 9.17) is 18.0 Å². The minimum absolute atomic E-state index is 0.256. The summed E-state index contributed by atoms with van der Waals surface area (Å²) in [5.41, 5.74) is 8.24. The number of nitrogens with two attached hydrogens (primary N) is 1. The minimum atomic E-state index is 0.256. The van der Waals surface area contributed by atoms with Crippen molar-refractivity contribution in [2.24, 2.45) is 16.6 Å². The SMILES string of the molecule is Cc1ccnc(NC2C(C)(C)C2(C)C)c1C(N)=S. The second-order valence-electron chi connectivity index (χ2n) is 6.24. The Morgan fingerprint density at radius 1 is 1.33 bits per heavy atom. The van der Waals surface area contributed by atoms with E-state index in [1.807, 2.05) is 13.0 Å².